The third-order valence-electron chi connectivity index (χ3n) is 5.72. The SMILES string of the molecule is CC1C(C(C)(C)C)=NC(C)(F)N(C)N2C(=O)O[C@](C)(C(C)(C)C)C12. The van der Waals surface area contributed by atoms with E-state index in [1.54, 1.807) is 7.05 Å². The van der Waals surface area contributed by atoms with Gasteiger partial charge in [0.1, 0.15) is 11.6 Å². The first-order valence-corrected chi connectivity index (χ1v) is 8.59. The highest BCUT2D eigenvalue weighted by Gasteiger charge is 2.63. The number of halogens is 1. The van der Waals surface area contributed by atoms with E-state index < -0.39 is 17.6 Å². The summed E-state index contributed by atoms with van der Waals surface area (Å²) in [6.07, 6.45) is -0.513. The van der Waals surface area contributed by atoms with Crippen molar-refractivity contribution in [3.8, 4) is 0 Å². The predicted octanol–water partition coefficient (Wildman–Crippen LogP) is 4.24. The van der Waals surface area contributed by atoms with Crippen LogP contribution in [0.1, 0.15) is 62.3 Å². The molecule has 24 heavy (non-hydrogen) atoms. The van der Waals surface area contributed by atoms with Crippen LogP contribution in [0.15, 0.2) is 4.99 Å². The van der Waals surface area contributed by atoms with Crippen LogP contribution in [0.2, 0.25) is 0 Å². The molecule has 2 rings (SSSR count). The summed E-state index contributed by atoms with van der Waals surface area (Å²) in [6, 6.07) is -0.328. The molecule has 5 nitrogen and oxygen atoms in total. The van der Waals surface area contributed by atoms with Gasteiger partial charge in [-0.2, -0.15) is 9.40 Å². The molecule has 0 aromatic heterocycles. The van der Waals surface area contributed by atoms with Crippen molar-refractivity contribution >= 4 is 11.8 Å². The molecule has 1 saturated heterocycles. The van der Waals surface area contributed by atoms with Gasteiger partial charge in [0, 0.05) is 36.4 Å². The predicted molar refractivity (Wildman–Crippen MR) is 93.3 cm³/mol. The molecule has 3 unspecified atom stereocenters. The summed E-state index contributed by atoms with van der Waals surface area (Å²) >= 11 is 0. The first kappa shape index (κ1) is 19.2. The van der Waals surface area contributed by atoms with E-state index in [2.05, 4.69) is 4.99 Å². The fourth-order valence-corrected chi connectivity index (χ4v) is 3.82. The highest BCUT2D eigenvalue weighted by molar-refractivity contribution is 5.93. The zero-order valence-electron chi connectivity index (χ0n) is 16.7. The van der Waals surface area contributed by atoms with E-state index in [1.165, 1.54) is 16.9 Å². The van der Waals surface area contributed by atoms with Crippen molar-refractivity contribution in [1.82, 2.24) is 10.0 Å². The molecular formula is C18H32FN3O2. The number of nitrogens with zero attached hydrogens (tertiary/aromatic N) is 3. The minimum atomic E-state index is -2.01. The molecule has 0 N–H and O–H groups in total. The standard InChI is InChI=1S/C18H32FN3O2/c1-11-12(15(2,3)4)20-18(9,19)21(10)22-13(11)17(8,16(5,6)7)24-14(22)23/h11,13H,1-10H3/t11?,13?,17-,18?/m0/s1. The van der Waals surface area contributed by atoms with Crippen molar-refractivity contribution in [2.24, 2.45) is 21.7 Å². The Kier molecular flexibility index (Phi) is 4.12. The molecule has 0 radical (unpaired) electrons. The molecule has 138 valence electrons. The quantitative estimate of drug-likeness (QED) is 0.619. The van der Waals surface area contributed by atoms with Crippen molar-refractivity contribution in [1.29, 1.82) is 0 Å². The minimum Gasteiger partial charge on any atom is -0.439 e. The van der Waals surface area contributed by atoms with Crippen LogP contribution in [-0.4, -0.2) is 46.4 Å². The monoisotopic (exact) mass is 341 g/mol. The number of ether oxygens (including phenoxy) is 1. The Bertz CT molecular complexity index is 574. The van der Waals surface area contributed by atoms with Crippen LogP contribution in [0.25, 0.3) is 0 Å². The second-order valence-electron chi connectivity index (χ2n) is 9.48. The maximum atomic E-state index is 15.3. The van der Waals surface area contributed by atoms with E-state index in [9.17, 15) is 4.79 Å². The minimum absolute atomic E-state index is 0.138. The third-order valence-corrected chi connectivity index (χ3v) is 5.72. The highest BCUT2D eigenvalue weighted by atomic mass is 19.1. The average Bonchev–Trinajstić information content (AvgIpc) is 2.60. The van der Waals surface area contributed by atoms with Gasteiger partial charge in [0.15, 0.2) is 0 Å². The molecule has 0 saturated carbocycles. The van der Waals surface area contributed by atoms with Crippen LogP contribution in [-0.2, 0) is 4.74 Å². The van der Waals surface area contributed by atoms with Crippen molar-refractivity contribution < 1.29 is 13.9 Å². The lowest BCUT2D eigenvalue weighted by molar-refractivity contribution is -0.132. The van der Waals surface area contributed by atoms with Gasteiger partial charge in [-0.05, 0) is 6.92 Å². The van der Waals surface area contributed by atoms with Crippen LogP contribution in [0.4, 0.5) is 9.18 Å². The van der Waals surface area contributed by atoms with E-state index in [1.807, 2.05) is 55.4 Å². The Morgan fingerprint density at radius 1 is 1.17 bits per heavy atom. The Balaban J connectivity index is 2.71. The Morgan fingerprint density at radius 2 is 1.67 bits per heavy atom. The normalized spacial score (nSPS) is 38.5. The molecule has 2 heterocycles. The Morgan fingerprint density at radius 3 is 2.08 bits per heavy atom. The summed E-state index contributed by atoms with van der Waals surface area (Å²) in [5.41, 5.74) is -0.615. The number of carbonyl (C=O) groups is 1. The fraction of sp³-hybridized carbons (Fsp3) is 0.889. The topological polar surface area (TPSA) is 45.1 Å². The summed E-state index contributed by atoms with van der Waals surface area (Å²) in [7, 11) is 1.56. The Hall–Kier alpha value is -1.17. The average molecular weight is 341 g/mol. The van der Waals surface area contributed by atoms with Crippen molar-refractivity contribution in [2.75, 3.05) is 7.05 Å². The molecular weight excluding hydrogens is 309 g/mol. The molecule has 1 amide bonds. The lowest BCUT2D eigenvalue weighted by Gasteiger charge is -2.45. The van der Waals surface area contributed by atoms with Gasteiger partial charge in [-0.3, -0.25) is 0 Å². The molecule has 0 spiro atoms. The lowest BCUT2D eigenvalue weighted by Crippen LogP contribution is -2.60. The maximum Gasteiger partial charge on any atom is 0.425 e. The summed E-state index contributed by atoms with van der Waals surface area (Å²) < 4.78 is 21.2. The first-order chi connectivity index (χ1) is 10.5. The van der Waals surface area contributed by atoms with Crippen LogP contribution in [0.5, 0.6) is 0 Å². The van der Waals surface area contributed by atoms with Gasteiger partial charge in [-0.25, -0.2) is 14.8 Å². The van der Waals surface area contributed by atoms with Gasteiger partial charge >= 0.3 is 6.09 Å². The maximum absolute atomic E-state index is 15.3. The van der Waals surface area contributed by atoms with E-state index in [0.29, 0.717) is 0 Å². The van der Waals surface area contributed by atoms with E-state index in [0.717, 1.165) is 5.71 Å². The van der Waals surface area contributed by atoms with Gasteiger partial charge in [0.2, 0.25) is 0 Å². The number of amides is 1. The van der Waals surface area contributed by atoms with Gasteiger partial charge in [-0.15, -0.1) is 0 Å². The second kappa shape index (κ2) is 5.16. The molecule has 0 aromatic rings. The molecule has 1 fully saturated rings. The van der Waals surface area contributed by atoms with Crippen LogP contribution >= 0.6 is 0 Å². The fourth-order valence-electron chi connectivity index (χ4n) is 3.82. The van der Waals surface area contributed by atoms with Crippen LogP contribution < -0.4 is 0 Å². The molecule has 0 aromatic carbocycles. The number of hydrogen-bond donors (Lipinski definition) is 0. The zero-order chi connectivity index (χ0) is 18.9. The number of carbonyl (C=O) groups excluding carboxylic acids is 1. The molecule has 2 aliphatic heterocycles. The second-order valence-corrected chi connectivity index (χ2v) is 9.48. The van der Waals surface area contributed by atoms with Crippen molar-refractivity contribution in [2.45, 2.75) is 79.9 Å². The number of hydrogen-bond acceptors (Lipinski definition) is 4. The van der Waals surface area contributed by atoms with Crippen molar-refractivity contribution in [3.63, 3.8) is 0 Å². The van der Waals surface area contributed by atoms with Gasteiger partial charge in [0.05, 0.1) is 0 Å². The number of rotatable bonds is 0. The van der Waals surface area contributed by atoms with Crippen LogP contribution in [0, 0.1) is 16.7 Å². The molecule has 0 aliphatic carbocycles. The smallest absolute Gasteiger partial charge is 0.425 e. The Labute approximate surface area is 145 Å². The summed E-state index contributed by atoms with van der Waals surface area (Å²) in [5.74, 6) is -2.14. The summed E-state index contributed by atoms with van der Waals surface area (Å²) in [4.78, 5) is 17.1. The molecule has 2 aliphatic rings. The first-order valence-electron chi connectivity index (χ1n) is 8.59. The number of hydrazine groups is 1. The zero-order valence-corrected chi connectivity index (χ0v) is 16.7. The van der Waals surface area contributed by atoms with Gasteiger partial charge in [-0.1, -0.05) is 48.5 Å². The van der Waals surface area contributed by atoms with Gasteiger partial charge < -0.3 is 4.74 Å². The summed E-state index contributed by atoms with van der Waals surface area (Å²) in [6.45, 7) is 17.6. The highest BCUT2D eigenvalue weighted by Crippen LogP contribution is 2.49. The number of cyclic esters (lactones) is 1. The largest absolute Gasteiger partial charge is 0.439 e. The summed E-state index contributed by atoms with van der Waals surface area (Å²) in [5, 5.41) is 2.71. The lowest BCUT2D eigenvalue weighted by atomic mass is 9.67. The molecule has 6 heteroatoms. The van der Waals surface area contributed by atoms with Crippen molar-refractivity contribution in [3.05, 3.63) is 0 Å². The van der Waals surface area contributed by atoms with Gasteiger partial charge in [0.25, 0.3) is 5.92 Å². The van der Waals surface area contributed by atoms with E-state index >= 15 is 4.39 Å². The molecule has 0 bridgehead atoms. The van der Waals surface area contributed by atoms with Crippen LogP contribution in [0.3, 0.4) is 0 Å². The third kappa shape index (κ3) is 2.63. The molecule has 4 atom stereocenters. The van der Waals surface area contributed by atoms with E-state index in [4.69, 9.17) is 4.74 Å². The number of alkyl halides is 1. The number of aliphatic imine (C=N–C) groups is 1. The number of fused-ring (bicyclic) bond motifs is 1. The van der Waals surface area contributed by atoms with E-state index in [-0.39, 0.29) is 22.8 Å².